The fourth-order valence-electron chi connectivity index (χ4n) is 2.76. The maximum Gasteiger partial charge on any atom is 0.277 e. The molecule has 0 unspecified atom stereocenters. The van der Waals surface area contributed by atoms with Crippen LogP contribution in [0.2, 0.25) is 0 Å². The zero-order valence-electron chi connectivity index (χ0n) is 12.5. The highest BCUT2D eigenvalue weighted by atomic mass is 79.9. The average molecular weight is 379 g/mol. The van der Waals surface area contributed by atoms with E-state index in [-0.39, 0.29) is 5.56 Å². The standard InChI is InChI=1S/C18H11BrN4O/c19-13-5-6-15-14(7-13)16-17(22-15)18(24)23(10-21-16)9-12-3-1-11(8-20)2-4-12/h1-7,10,22H,9H2. The molecule has 0 amide bonds. The van der Waals surface area contributed by atoms with Gasteiger partial charge < -0.3 is 4.98 Å². The molecule has 0 fully saturated rings. The first-order valence-corrected chi connectivity index (χ1v) is 8.10. The lowest BCUT2D eigenvalue weighted by molar-refractivity contribution is 0.747. The first-order valence-electron chi connectivity index (χ1n) is 7.31. The summed E-state index contributed by atoms with van der Waals surface area (Å²) in [4.78, 5) is 20.4. The lowest BCUT2D eigenvalue weighted by atomic mass is 10.1. The van der Waals surface area contributed by atoms with E-state index >= 15 is 0 Å². The van der Waals surface area contributed by atoms with E-state index in [1.807, 2.05) is 30.3 Å². The molecule has 6 heteroatoms. The van der Waals surface area contributed by atoms with E-state index in [4.69, 9.17) is 5.26 Å². The Hall–Kier alpha value is -2.91. The fraction of sp³-hybridized carbons (Fsp3) is 0.0556. The Morgan fingerprint density at radius 1 is 1.21 bits per heavy atom. The summed E-state index contributed by atoms with van der Waals surface area (Å²) in [5.74, 6) is 0. The maximum absolute atomic E-state index is 12.7. The lowest BCUT2D eigenvalue weighted by Crippen LogP contribution is -2.21. The second-order valence-corrected chi connectivity index (χ2v) is 6.44. The van der Waals surface area contributed by atoms with Gasteiger partial charge in [-0.05, 0) is 35.9 Å². The van der Waals surface area contributed by atoms with Gasteiger partial charge in [-0.3, -0.25) is 9.36 Å². The minimum absolute atomic E-state index is 0.114. The molecule has 24 heavy (non-hydrogen) atoms. The molecule has 1 N–H and O–H groups in total. The molecule has 4 rings (SSSR count). The molecule has 4 aromatic rings. The number of H-pyrrole nitrogens is 1. The molecule has 2 aromatic carbocycles. The van der Waals surface area contributed by atoms with Crippen molar-refractivity contribution in [3.63, 3.8) is 0 Å². The minimum Gasteiger partial charge on any atom is -0.349 e. The number of hydrogen-bond acceptors (Lipinski definition) is 3. The number of aromatic amines is 1. The fourth-order valence-corrected chi connectivity index (χ4v) is 3.12. The van der Waals surface area contributed by atoms with Crippen LogP contribution in [0, 0.1) is 11.3 Å². The third-order valence-electron chi connectivity index (χ3n) is 3.97. The predicted molar refractivity (Wildman–Crippen MR) is 95.8 cm³/mol. The van der Waals surface area contributed by atoms with Crippen LogP contribution in [0.15, 0.2) is 58.1 Å². The largest absolute Gasteiger partial charge is 0.349 e. The Labute approximate surface area is 145 Å². The highest BCUT2D eigenvalue weighted by molar-refractivity contribution is 9.10. The van der Waals surface area contributed by atoms with E-state index in [2.05, 4.69) is 32.0 Å². The molecule has 0 radical (unpaired) electrons. The van der Waals surface area contributed by atoms with Crippen molar-refractivity contribution in [1.29, 1.82) is 5.26 Å². The van der Waals surface area contributed by atoms with Crippen molar-refractivity contribution in [2.24, 2.45) is 0 Å². The van der Waals surface area contributed by atoms with Crippen LogP contribution in [-0.4, -0.2) is 14.5 Å². The molecule has 0 bridgehead atoms. The van der Waals surface area contributed by atoms with Gasteiger partial charge in [-0.1, -0.05) is 28.1 Å². The van der Waals surface area contributed by atoms with Crippen molar-refractivity contribution in [1.82, 2.24) is 14.5 Å². The molecule has 0 aliphatic rings. The average Bonchev–Trinajstić information content (AvgIpc) is 2.97. The molecule has 5 nitrogen and oxygen atoms in total. The smallest absolute Gasteiger partial charge is 0.277 e. The molecule has 0 saturated carbocycles. The van der Waals surface area contributed by atoms with Gasteiger partial charge in [0.25, 0.3) is 5.56 Å². The van der Waals surface area contributed by atoms with Crippen LogP contribution < -0.4 is 5.56 Å². The summed E-state index contributed by atoms with van der Waals surface area (Å²) in [7, 11) is 0. The summed E-state index contributed by atoms with van der Waals surface area (Å²) >= 11 is 3.44. The number of hydrogen-bond donors (Lipinski definition) is 1. The number of nitrogens with one attached hydrogen (secondary N) is 1. The highest BCUT2D eigenvalue weighted by Crippen LogP contribution is 2.24. The van der Waals surface area contributed by atoms with Crippen LogP contribution in [-0.2, 0) is 6.54 Å². The monoisotopic (exact) mass is 378 g/mol. The number of halogens is 1. The Morgan fingerprint density at radius 3 is 2.75 bits per heavy atom. The first kappa shape index (κ1) is 14.7. The molecule has 0 saturated heterocycles. The van der Waals surface area contributed by atoms with Gasteiger partial charge in [0.2, 0.25) is 0 Å². The predicted octanol–water partition coefficient (Wildman–Crippen LogP) is 3.56. The van der Waals surface area contributed by atoms with E-state index in [9.17, 15) is 4.79 Å². The SMILES string of the molecule is N#Cc1ccc(Cn2cnc3c([nH]c4ccc(Br)cc43)c2=O)cc1. The first-order chi connectivity index (χ1) is 11.7. The number of nitriles is 1. The van der Waals surface area contributed by atoms with Gasteiger partial charge in [0.15, 0.2) is 0 Å². The van der Waals surface area contributed by atoms with Gasteiger partial charge in [-0.25, -0.2) is 4.98 Å². The molecule has 2 aromatic heterocycles. The van der Waals surface area contributed by atoms with Crippen LogP contribution in [0.4, 0.5) is 0 Å². The topological polar surface area (TPSA) is 74.5 Å². The zero-order valence-corrected chi connectivity index (χ0v) is 14.0. The number of benzene rings is 2. The Morgan fingerprint density at radius 2 is 2.00 bits per heavy atom. The number of aromatic nitrogens is 3. The molecule has 116 valence electrons. The zero-order chi connectivity index (χ0) is 16.7. The van der Waals surface area contributed by atoms with E-state index in [0.29, 0.717) is 23.1 Å². The van der Waals surface area contributed by atoms with Gasteiger partial charge in [0, 0.05) is 15.4 Å². The molecule has 0 aliphatic heterocycles. The van der Waals surface area contributed by atoms with Crippen molar-refractivity contribution in [3.8, 4) is 6.07 Å². The number of rotatable bonds is 2. The van der Waals surface area contributed by atoms with Gasteiger partial charge in [-0.2, -0.15) is 5.26 Å². The Bertz CT molecular complexity index is 1170. The van der Waals surface area contributed by atoms with E-state index in [1.165, 1.54) is 0 Å². The van der Waals surface area contributed by atoms with E-state index in [1.54, 1.807) is 23.0 Å². The second-order valence-electron chi connectivity index (χ2n) is 5.52. The van der Waals surface area contributed by atoms with Gasteiger partial charge >= 0.3 is 0 Å². The summed E-state index contributed by atoms with van der Waals surface area (Å²) in [6.45, 7) is 0.409. The Kier molecular flexibility index (Phi) is 3.44. The van der Waals surface area contributed by atoms with Crippen molar-refractivity contribution in [2.45, 2.75) is 6.54 Å². The lowest BCUT2D eigenvalue weighted by Gasteiger charge is -2.05. The van der Waals surface area contributed by atoms with Crippen molar-refractivity contribution >= 4 is 37.9 Å². The molecular formula is C18H11BrN4O. The maximum atomic E-state index is 12.7. The molecule has 2 heterocycles. The molecule has 0 spiro atoms. The number of nitrogens with zero attached hydrogens (tertiary/aromatic N) is 3. The van der Waals surface area contributed by atoms with E-state index in [0.717, 1.165) is 20.9 Å². The summed E-state index contributed by atoms with van der Waals surface area (Å²) in [5.41, 5.74) is 3.48. The third kappa shape index (κ3) is 2.39. The Balaban J connectivity index is 1.82. The van der Waals surface area contributed by atoms with Gasteiger partial charge in [0.05, 0.1) is 24.5 Å². The number of fused-ring (bicyclic) bond motifs is 3. The van der Waals surface area contributed by atoms with Crippen LogP contribution >= 0.6 is 15.9 Å². The van der Waals surface area contributed by atoms with Gasteiger partial charge in [-0.15, -0.1) is 0 Å². The van der Waals surface area contributed by atoms with Crippen LogP contribution in [0.1, 0.15) is 11.1 Å². The summed E-state index contributed by atoms with van der Waals surface area (Å²) in [6, 6.07) is 15.1. The minimum atomic E-state index is -0.114. The summed E-state index contributed by atoms with van der Waals surface area (Å²) < 4.78 is 2.51. The van der Waals surface area contributed by atoms with Crippen LogP contribution in [0.5, 0.6) is 0 Å². The second kappa shape index (κ2) is 5.62. The van der Waals surface area contributed by atoms with Crippen LogP contribution in [0.3, 0.4) is 0 Å². The summed E-state index contributed by atoms with van der Waals surface area (Å²) in [6.07, 6.45) is 1.57. The normalized spacial score (nSPS) is 11.0. The van der Waals surface area contributed by atoms with Crippen LogP contribution in [0.25, 0.3) is 21.9 Å². The highest BCUT2D eigenvalue weighted by Gasteiger charge is 2.11. The van der Waals surface area contributed by atoms with Crippen molar-refractivity contribution in [3.05, 3.63) is 74.7 Å². The van der Waals surface area contributed by atoms with Crippen molar-refractivity contribution < 1.29 is 0 Å². The molecule has 0 atom stereocenters. The summed E-state index contributed by atoms with van der Waals surface area (Å²) in [5, 5.41) is 9.77. The molecule has 0 aliphatic carbocycles. The quantitative estimate of drug-likeness (QED) is 0.579. The third-order valence-corrected chi connectivity index (χ3v) is 4.46. The molecular weight excluding hydrogens is 368 g/mol. The van der Waals surface area contributed by atoms with E-state index < -0.39 is 0 Å². The van der Waals surface area contributed by atoms with Gasteiger partial charge in [0.1, 0.15) is 11.0 Å². The van der Waals surface area contributed by atoms with Crippen molar-refractivity contribution in [2.75, 3.05) is 0 Å².